The topological polar surface area (TPSA) is 87.7 Å². The second-order valence-corrected chi connectivity index (χ2v) is 8.99. The van der Waals surface area contributed by atoms with E-state index >= 15 is 0 Å². The minimum Gasteiger partial charge on any atom is -0.491 e. The van der Waals surface area contributed by atoms with E-state index in [0.29, 0.717) is 29.5 Å². The molecule has 39 heavy (non-hydrogen) atoms. The highest BCUT2D eigenvalue weighted by molar-refractivity contribution is 5.94. The lowest BCUT2D eigenvalue weighted by molar-refractivity contribution is -0.138. The summed E-state index contributed by atoms with van der Waals surface area (Å²) in [7, 11) is 0. The Hall–Kier alpha value is -4.08. The van der Waals surface area contributed by atoms with E-state index in [1.165, 1.54) is 0 Å². The summed E-state index contributed by atoms with van der Waals surface area (Å²) in [6.07, 6.45) is -2.00. The maximum Gasteiger partial charge on any atom is 0.416 e. The van der Waals surface area contributed by atoms with Gasteiger partial charge in [0.2, 0.25) is 0 Å². The molecular formula is C29H30F4N2O4. The van der Waals surface area contributed by atoms with E-state index in [0.717, 1.165) is 37.1 Å². The number of ether oxygens (including phenoxy) is 1. The van der Waals surface area contributed by atoms with Gasteiger partial charge in [-0.25, -0.2) is 4.39 Å². The number of benzene rings is 3. The van der Waals surface area contributed by atoms with Crippen LogP contribution in [0.2, 0.25) is 0 Å². The smallest absolute Gasteiger partial charge is 0.416 e. The Bertz CT molecular complexity index is 1250. The average molecular weight is 547 g/mol. The number of nitrogens with one attached hydrogen (secondary N) is 2. The van der Waals surface area contributed by atoms with Crippen LogP contribution >= 0.6 is 0 Å². The van der Waals surface area contributed by atoms with Gasteiger partial charge < -0.3 is 20.5 Å². The van der Waals surface area contributed by atoms with Crippen molar-refractivity contribution in [3.05, 3.63) is 83.7 Å². The molecule has 0 saturated carbocycles. The van der Waals surface area contributed by atoms with Gasteiger partial charge in [0.25, 0.3) is 5.91 Å². The zero-order valence-corrected chi connectivity index (χ0v) is 21.4. The van der Waals surface area contributed by atoms with Crippen LogP contribution in [-0.4, -0.2) is 36.2 Å². The van der Waals surface area contributed by atoms with E-state index in [1.54, 1.807) is 48.5 Å². The molecule has 0 aliphatic rings. The number of halogens is 4. The molecule has 3 aromatic carbocycles. The predicted octanol–water partition coefficient (Wildman–Crippen LogP) is 6.77. The first-order valence-electron chi connectivity index (χ1n) is 12.5. The number of carboxylic acid groups (broad SMARTS) is 1. The number of hydrogen-bond donors (Lipinski definition) is 3. The first-order chi connectivity index (χ1) is 18.6. The third-order valence-corrected chi connectivity index (χ3v) is 5.96. The molecule has 0 radical (unpaired) electrons. The van der Waals surface area contributed by atoms with E-state index < -0.39 is 23.5 Å². The van der Waals surface area contributed by atoms with Crippen molar-refractivity contribution in [2.75, 3.05) is 18.5 Å². The van der Waals surface area contributed by atoms with Crippen molar-refractivity contribution in [3.63, 3.8) is 0 Å². The fraction of sp³-hybridized carbons (Fsp3) is 0.310. The number of hydrogen-bond acceptors (Lipinski definition) is 4. The molecule has 6 nitrogen and oxygen atoms in total. The zero-order chi connectivity index (χ0) is 28.4. The molecule has 3 N–H and O–H groups in total. The third kappa shape index (κ3) is 9.01. The summed E-state index contributed by atoms with van der Waals surface area (Å²) in [6, 6.07) is 15.7. The van der Waals surface area contributed by atoms with Crippen molar-refractivity contribution in [2.24, 2.45) is 0 Å². The molecule has 3 aromatic rings. The Kier molecular flexibility index (Phi) is 10.3. The summed E-state index contributed by atoms with van der Waals surface area (Å²) in [6.45, 7) is 2.45. The van der Waals surface area contributed by atoms with E-state index in [-0.39, 0.29) is 30.5 Å². The summed E-state index contributed by atoms with van der Waals surface area (Å²) in [5, 5.41) is 14.6. The second kappa shape index (κ2) is 13.6. The van der Waals surface area contributed by atoms with Gasteiger partial charge in [-0.3, -0.25) is 9.59 Å². The minimum absolute atomic E-state index is 0.0465. The Morgan fingerprint density at radius 1 is 1.00 bits per heavy atom. The van der Waals surface area contributed by atoms with Gasteiger partial charge in [-0.2, -0.15) is 13.2 Å². The summed E-state index contributed by atoms with van der Waals surface area (Å²) in [5.74, 6) is -1.76. The van der Waals surface area contributed by atoms with E-state index in [9.17, 15) is 27.2 Å². The van der Waals surface area contributed by atoms with E-state index in [2.05, 4.69) is 17.6 Å². The first kappa shape index (κ1) is 29.5. The van der Waals surface area contributed by atoms with Crippen LogP contribution in [0, 0.1) is 5.82 Å². The monoisotopic (exact) mass is 546 g/mol. The van der Waals surface area contributed by atoms with E-state index in [1.807, 2.05) is 0 Å². The molecular weight excluding hydrogens is 516 g/mol. The third-order valence-electron chi connectivity index (χ3n) is 5.96. The van der Waals surface area contributed by atoms with Crippen molar-refractivity contribution >= 4 is 17.6 Å². The van der Waals surface area contributed by atoms with Gasteiger partial charge in [0.15, 0.2) is 0 Å². The second-order valence-electron chi connectivity index (χ2n) is 8.99. The Balaban J connectivity index is 1.59. The van der Waals surface area contributed by atoms with Crippen LogP contribution in [0.3, 0.4) is 0 Å². The molecule has 0 spiro atoms. The van der Waals surface area contributed by atoms with E-state index in [4.69, 9.17) is 9.84 Å². The highest BCUT2D eigenvalue weighted by Crippen LogP contribution is 2.33. The summed E-state index contributed by atoms with van der Waals surface area (Å²) in [4.78, 5) is 22.7. The molecule has 10 heteroatoms. The fourth-order valence-corrected chi connectivity index (χ4v) is 3.84. The number of alkyl halides is 3. The number of carboxylic acids is 1. The van der Waals surface area contributed by atoms with Gasteiger partial charge in [-0.1, -0.05) is 38.0 Å². The molecule has 0 aliphatic heterocycles. The van der Waals surface area contributed by atoms with Crippen LogP contribution in [0.25, 0.3) is 11.1 Å². The zero-order valence-electron chi connectivity index (χ0n) is 21.4. The maximum absolute atomic E-state index is 14.3. The lowest BCUT2D eigenvalue weighted by Crippen LogP contribution is -2.27. The first-order valence-corrected chi connectivity index (χ1v) is 12.5. The van der Waals surface area contributed by atoms with Gasteiger partial charge >= 0.3 is 12.1 Å². The summed E-state index contributed by atoms with van der Waals surface area (Å²) < 4.78 is 58.7. The molecule has 0 fully saturated rings. The molecule has 1 amide bonds. The minimum atomic E-state index is -4.61. The Morgan fingerprint density at radius 2 is 1.69 bits per heavy atom. The molecule has 0 saturated heterocycles. The van der Waals surface area contributed by atoms with Crippen molar-refractivity contribution in [1.82, 2.24) is 5.32 Å². The molecule has 1 atom stereocenters. The average Bonchev–Trinajstić information content (AvgIpc) is 2.90. The lowest BCUT2D eigenvalue weighted by Gasteiger charge is -2.21. The maximum atomic E-state index is 14.3. The van der Waals surface area contributed by atoms with Crippen LogP contribution in [-0.2, 0) is 11.0 Å². The highest BCUT2D eigenvalue weighted by atomic mass is 19.4. The van der Waals surface area contributed by atoms with Crippen molar-refractivity contribution in [2.45, 2.75) is 44.8 Å². The van der Waals surface area contributed by atoms with Crippen molar-refractivity contribution < 1.29 is 37.0 Å². The predicted molar refractivity (Wildman–Crippen MR) is 140 cm³/mol. The fourth-order valence-electron chi connectivity index (χ4n) is 3.84. The number of carbonyl (C=O) groups is 2. The number of carbonyl (C=O) groups excluding carboxylic acids is 1. The summed E-state index contributed by atoms with van der Waals surface area (Å²) >= 11 is 0. The van der Waals surface area contributed by atoms with Gasteiger partial charge in [0, 0.05) is 23.4 Å². The molecule has 0 unspecified atom stereocenters. The largest absolute Gasteiger partial charge is 0.491 e. The SMILES string of the molecule is CCCC[C@@H](COc1ccc(-c2ccc(C(F)(F)F)cc2F)cc1)Nc1ccc(C(=O)NCCC(=O)O)cc1. The van der Waals surface area contributed by atoms with Crippen LogP contribution in [0.4, 0.5) is 23.2 Å². The molecule has 0 bridgehead atoms. The normalized spacial score (nSPS) is 12.0. The molecule has 208 valence electrons. The van der Waals surface area contributed by atoms with Crippen LogP contribution < -0.4 is 15.4 Å². The molecule has 0 aromatic heterocycles. The highest BCUT2D eigenvalue weighted by Gasteiger charge is 2.31. The van der Waals surface area contributed by atoms with Crippen LogP contribution in [0.1, 0.15) is 48.5 Å². The number of unbranched alkanes of at least 4 members (excludes halogenated alkanes) is 1. The van der Waals surface area contributed by atoms with Crippen LogP contribution in [0.5, 0.6) is 5.75 Å². The van der Waals surface area contributed by atoms with Gasteiger partial charge in [-0.05, 0) is 60.5 Å². The number of aliphatic carboxylic acids is 1. The molecule has 3 rings (SSSR count). The molecule has 0 heterocycles. The summed E-state index contributed by atoms with van der Waals surface area (Å²) in [5.41, 5.74) is 0.659. The van der Waals surface area contributed by atoms with Crippen LogP contribution in [0.15, 0.2) is 66.7 Å². The van der Waals surface area contributed by atoms with Crippen molar-refractivity contribution in [3.8, 4) is 16.9 Å². The molecule has 0 aliphatic carbocycles. The lowest BCUT2D eigenvalue weighted by atomic mass is 10.0. The van der Waals surface area contributed by atoms with Gasteiger partial charge in [0.05, 0.1) is 18.0 Å². The number of rotatable bonds is 13. The quantitative estimate of drug-likeness (QED) is 0.206. The Labute approximate surface area is 224 Å². The van der Waals surface area contributed by atoms with Gasteiger partial charge in [0.1, 0.15) is 18.2 Å². The standard InChI is InChI=1S/C29H30F4N2O4/c1-2-3-4-23(35-22-10-5-20(6-11-22)28(38)34-16-15-27(36)37)18-39-24-12-7-19(8-13-24)25-14-9-21(17-26(25)30)29(31,32)33/h5-14,17,23,35H,2-4,15-16,18H2,1H3,(H,34,38)(H,36,37)/t23-/m0/s1. The van der Waals surface area contributed by atoms with Gasteiger partial charge in [-0.15, -0.1) is 0 Å². The Morgan fingerprint density at radius 3 is 2.28 bits per heavy atom. The van der Waals surface area contributed by atoms with Crippen molar-refractivity contribution in [1.29, 1.82) is 0 Å². The number of amides is 1. The number of anilines is 1.